The monoisotopic (exact) mass is 566 g/mol. The second kappa shape index (κ2) is 9.82. The van der Waals surface area contributed by atoms with Gasteiger partial charge >= 0.3 is 0 Å². The number of aromatic nitrogens is 1. The van der Waals surface area contributed by atoms with Gasteiger partial charge in [-0.15, -0.1) is 0 Å². The maximum Gasteiger partial charge on any atom is 0.211 e. The van der Waals surface area contributed by atoms with Crippen molar-refractivity contribution in [3.8, 4) is 11.1 Å². The zero-order chi connectivity index (χ0) is 29.0. The first-order valence-corrected chi connectivity index (χ1v) is 14.8. The minimum Gasteiger partial charge on any atom is -0.456 e. The van der Waals surface area contributed by atoms with Gasteiger partial charge in [-0.2, -0.15) is 4.99 Å². The van der Waals surface area contributed by atoms with Crippen LogP contribution in [-0.4, -0.2) is 16.4 Å². The molecule has 8 aromatic rings. The van der Waals surface area contributed by atoms with E-state index in [0.717, 1.165) is 55.6 Å². The van der Waals surface area contributed by atoms with Crippen LogP contribution in [0, 0.1) is 0 Å². The lowest BCUT2D eigenvalue weighted by atomic mass is 9.99. The first-order chi connectivity index (χ1) is 21.8. The normalized spacial score (nSPS) is 15.0. The summed E-state index contributed by atoms with van der Waals surface area (Å²) in [5.74, 6) is 1.42. The van der Waals surface area contributed by atoms with Crippen molar-refractivity contribution in [1.82, 2.24) is 9.88 Å². The number of nitrogens with zero attached hydrogens (tertiary/aromatic N) is 3. The first kappa shape index (κ1) is 24.6. The largest absolute Gasteiger partial charge is 0.456 e. The zero-order valence-electron chi connectivity index (χ0n) is 23.7. The molecule has 1 aliphatic rings. The standard InChI is InChI=1S/C39H26N4O/c1-3-12-25(13-4-1)28-18-11-21-34-36(28)31-23-22-27(24-35(31)44-34)38-40-37(26-14-5-2-6-15-26)41-39(42-38)43-32-19-9-7-16-29(32)30-17-8-10-20-33(30)43/h1-24,38H,(H,40,41,42). The van der Waals surface area contributed by atoms with Crippen LogP contribution in [-0.2, 0) is 0 Å². The van der Waals surface area contributed by atoms with Crippen molar-refractivity contribution < 1.29 is 4.42 Å². The highest BCUT2D eigenvalue weighted by Gasteiger charge is 2.25. The van der Waals surface area contributed by atoms with Gasteiger partial charge in [-0.3, -0.25) is 4.57 Å². The highest BCUT2D eigenvalue weighted by Crippen LogP contribution is 2.38. The number of aliphatic imine (C=N–C) groups is 2. The number of hydrogen-bond acceptors (Lipinski definition) is 4. The van der Waals surface area contributed by atoms with Crippen molar-refractivity contribution >= 4 is 55.5 Å². The summed E-state index contributed by atoms with van der Waals surface area (Å²) in [6.07, 6.45) is -0.371. The molecule has 0 radical (unpaired) electrons. The number of nitrogens with one attached hydrogen (secondary N) is 1. The summed E-state index contributed by atoms with van der Waals surface area (Å²) in [6, 6.07) is 50.3. The van der Waals surface area contributed by atoms with Crippen molar-refractivity contribution in [2.75, 3.05) is 0 Å². The molecular weight excluding hydrogens is 540 g/mol. The van der Waals surface area contributed by atoms with E-state index in [1.807, 2.05) is 30.3 Å². The Bertz CT molecular complexity index is 2360. The van der Waals surface area contributed by atoms with Crippen LogP contribution in [0.3, 0.4) is 0 Å². The van der Waals surface area contributed by atoms with Crippen LogP contribution in [0.4, 0.5) is 0 Å². The fraction of sp³-hybridized carbons (Fsp3) is 0.0256. The number of para-hydroxylation sites is 2. The number of hydrogen-bond donors (Lipinski definition) is 1. The summed E-state index contributed by atoms with van der Waals surface area (Å²) in [5, 5.41) is 8.26. The molecule has 9 rings (SSSR count). The summed E-state index contributed by atoms with van der Waals surface area (Å²) in [4.78, 5) is 10.2. The van der Waals surface area contributed by atoms with Crippen molar-refractivity contribution in [1.29, 1.82) is 0 Å². The van der Waals surface area contributed by atoms with Crippen molar-refractivity contribution in [3.05, 3.63) is 157 Å². The molecule has 1 aliphatic heterocycles. The van der Waals surface area contributed by atoms with E-state index in [9.17, 15) is 0 Å². The molecule has 0 saturated heterocycles. The van der Waals surface area contributed by atoms with Gasteiger partial charge in [0.15, 0.2) is 5.84 Å². The lowest BCUT2D eigenvalue weighted by molar-refractivity contribution is 0.649. The molecule has 0 spiro atoms. The van der Waals surface area contributed by atoms with Crippen molar-refractivity contribution in [2.24, 2.45) is 9.98 Å². The fourth-order valence-electron chi connectivity index (χ4n) is 6.46. The van der Waals surface area contributed by atoms with Gasteiger partial charge in [0.05, 0.1) is 11.0 Å². The lowest BCUT2D eigenvalue weighted by Crippen LogP contribution is -2.37. The maximum absolute atomic E-state index is 6.46. The summed E-state index contributed by atoms with van der Waals surface area (Å²) in [6.45, 7) is 0. The van der Waals surface area contributed by atoms with Crippen LogP contribution in [0.2, 0.25) is 0 Å². The van der Waals surface area contributed by atoms with E-state index < -0.39 is 0 Å². The number of amidine groups is 1. The van der Waals surface area contributed by atoms with E-state index in [4.69, 9.17) is 14.4 Å². The molecule has 0 aliphatic carbocycles. The van der Waals surface area contributed by atoms with E-state index in [1.54, 1.807) is 0 Å². The minimum atomic E-state index is -0.371. The zero-order valence-corrected chi connectivity index (χ0v) is 23.7. The number of fused-ring (bicyclic) bond motifs is 6. The third-order valence-electron chi connectivity index (χ3n) is 8.47. The predicted octanol–water partition coefficient (Wildman–Crippen LogP) is 9.31. The van der Waals surface area contributed by atoms with Crippen molar-refractivity contribution in [3.63, 3.8) is 0 Å². The summed E-state index contributed by atoms with van der Waals surface area (Å²) < 4.78 is 8.67. The Labute approximate surface area is 253 Å². The van der Waals surface area contributed by atoms with Crippen LogP contribution in [0.5, 0.6) is 0 Å². The van der Waals surface area contributed by atoms with Crippen molar-refractivity contribution in [2.45, 2.75) is 6.17 Å². The summed E-state index contributed by atoms with van der Waals surface area (Å²) in [7, 11) is 0. The van der Waals surface area contributed by atoms with Crippen LogP contribution in [0.1, 0.15) is 17.3 Å². The Morgan fingerprint density at radius 1 is 0.568 bits per heavy atom. The molecule has 1 N–H and O–H groups in total. The second-order valence-electron chi connectivity index (χ2n) is 11.1. The van der Waals surface area contributed by atoms with Crippen LogP contribution >= 0.6 is 0 Å². The first-order valence-electron chi connectivity index (χ1n) is 14.8. The molecule has 0 bridgehead atoms. The van der Waals surface area contributed by atoms with Crippen LogP contribution in [0.25, 0.3) is 54.9 Å². The topological polar surface area (TPSA) is 54.8 Å². The van der Waals surface area contributed by atoms with Gasteiger partial charge < -0.3 is 9.73 Å². The number of furan rings is 1. The van der Waals surface area contributed by atoms with Gasteiger partial charge in [0.2, 0.25) is 5.96 Å². The molecule has 0 saturated carbocycles. The third kappa shape index (κ3) is 3.87. The van der Waals surface area contributed by atoms with Gasteiger partial charge in [0, 0.05) is 32.7 Å². The number of benzene rings is 6. The van der Waals surface area contributed by atoms with Gasteiger partial charge in [0.1, 0.15) is 17.3 Å². The van der Waals surface area contributed by atoms with E-state index >= 15 is 0 Å². The molecule has 1 atom stereocenters. The molecule has 5 nitrogen and oxygen atoms in total. The Hall–Kier alpha value is -5.94. The quantitative estimate of drug-likeness (QED) is 0.232. The second-order valence-corrected chi connectivity index (χ2v) is 11.1. The Morgan fingerprint density at radius 3 is 1.95 bits per heavy atom. The van der Waals surface area contributed by atoms with Crippen LogP contribution in [0.15, 0.2) is 160 Å². The Balaban J connectivity index is 1.21. The molecule has 208 valence electrons. The molecule has 2 aromatic heterocycles. The predicted molar refractivity (Wildman–Crippen MR) is 180 cm³/mol. The van der Waals surface area contributed by atoms with E-state index in [0.29, 0.717) is 5.84 Å². The molecule has 6 aromatic carbocycles. The van der Waals surface area contributed by atoms with Gasteiger partial charge in [-0.05, 0) is 35.4 Å². The molecule has 3 heterocycles. The fourth-order valence-corrected chi connectivity index (χ4v) is 6.46. The number of rotatable bonds is 3. The summed E-state index contributed by atoms with van der Waals surface area (Å²) in [5.41, 5.74) is 8.19. The smallest absolute Gasteiger partial charge is 0.211 e. The molecule has 1 unspecified atom stereocenters. The molecule has 0 fully saturated rings. The molecular formula is C39H26N4O. The third-order valence-corrected chi connectivity index (χ3v) is 8.47. The van der Waals surface area contributed by atoms with Gasteiger partial charge in [0.25, 0.3) is 0 Å². The molecule has 5 heteroatoms. The van der Waals surface area contributed by atoms with E-state index in [1.165, 1.54) is 16.3 Å². The van der Waals surface area contributed by atoms with Crippen LogP contribution < -0.4 is 5.32 Å². The Kier molecular flexibility index (Phi) is 5.50. The summed E-state index contributed by atoms with van der Waals surface area (Å²) >= 11 is 0. The minimum absolute atomic E-state index is 0.371. The van der Waals surface area contributed by atoms with Gasteiger partial charge in [-0.25, -0.2) is 4.99 Å². The SMILES string of the molecule is c1ccc(C2=NC(c3ccc4c(c3)oc3cccc(-c5ccccc5)c34)NC(n3c4ccccc4c4ccccc43)=N2)cc1. The average Bonchev–Trinajstić information content (AvgIpc) is 3.64. The van der Waals surface area contributed by atoms with E-state index in [-0.39, 0.29) is 6.17 Å². The highest BCUT2D eigenvalue weighted by atomic mass is 16.3. The maximum atomic E-state index is 6.46. The van der Waals surface area contributed by atoms with Gasteiger partial charge in [-0.1, -0.05) is 121 Å². The van der Waals surface area contributed by atoms with E-state index in [2.05, 4.69) is 125 Å². The lowest BCUT2D eigenvalue weighted by Gasteiger charge is -2.24. The molecule has 44 heavy (non-hydrogen) atoms. The average molecular weight is 567 g/mol. The highest BCUT2D eigenvalue weighted by molar-refractivity contribution is 6.17. The Morgan fingerprint density at radius 2 is 1.23 bits per heavy atom. The molecule has 0 amide bonds.